The van der Waals surface area contributed by atoms with E-state index in [1.807, 2.05) is 0 Å². The van der Waals surface area contributed by atoms with Crippen LogP contribution < -0.4 is 9.62 Å². The van der Waals surface area contributed by atoms with E-state index in [-0.39, 0.29) is 30.3 Å². The van der Waals surface area contributed by atoms with Gasteiger partial charge in [0.1, 0.15) is 5.82 Å². The number of nitrogens with zero attached hydrogens (tertiary/aromatic N) is 1. The first-order valence-electron chi connectivity index (χ1n) is 8.54. The molecule has 0 spiro atoms. The van der Waals surface area contributed by atoms with Gasteiger partial charge in [-0.25, -0.2) is 12.8 Å². The van der Waals surface area contributed by atoms with Gasteiger partial charge in [-0.15, -0.1) is 0 Å². The number of Topliss-reactive ketones (excluding diaryl/α,β-unsaturated/α-hetero) is 1. The summed E-state index contributed by atoms with van der Waals surface area (Å²) in [5.74, 6) is -0.909. The van der Waals surface area contributed by atoms with Gasteiger partial charge in [-0.05, 0) is 48.9 Å². The summed E-state index contributed by atoms with van der Waals surface area (Å²) < 4.78 is 38.2. The number of hydrogen-bond donors (Lipinski definition) is 1. The zero-order chi connectivity index (χ0) is 19.4. The molecule has 142 valence electrons. The zero-order valence-corrected chi connectivity index (χ0v) is 15.3. The summed E-state index contributed by atoms with van der Waals surface area (Å²) in [6, 6.07) is 11.8. The molecule has 0 unspecified atom stereocenters. The number of carbonyl (C=O) groups excluding carboxylic acids is 2. The minimum Gasteiger partial charge on any atom is -0.326 e. The van der Waals surface area contributed by atoms with Crippen LogP contribution in [0.4, 0.5) is 15.8 Å². The molecular formula is C19H19FN2O4S. The lowest BCUT2D eigenvalue weighted by Crippen LogP contribution is -2.25. The first-order valence-corrected chi connectivity index (χ1v) is 10.2. The third-order valence-electron chi connectivity index (χ3n) is 4.26. The number of carbonyl (C=O) groups is 2. The molecule has 8 heteroatoms. The number of hydrogen-bond acceptors (Lipinski definition) is 4. The molecule has 1 saturated heterocycles. The van der Waals surface area contributed by atoms with Crippen LogP contribution in [-0.4, -0.2) is 32.4 Å². The Morgan fingerprint density at radius 1 is 1.07 bits per heavy atom. The van der Waals surface area contributed by atoms with Crippen LogP contribution in [-0.2, 0) is 14.8 Å². The molecule has 3 rings (SSSR count). The highest BCUT2D eigenvalue weighted by molar-refractivity contribution is 7.93. The average molecular weight is 390 g/mol. The minimum absolute atomic E-state index is 0.00232. The van der Waals surface area contributed by atoms with E-state index in [4.69, 9.17) is 0 Å². The van der Waals surface area contributed by atoms with Gasteiger partial charge in [0.05, 0.1) is 11.4 Å². The first kappa shape index (κ1) is 19.0. The molecule has 1 aliphatic heterocycles. The summed E-state index contributed by atoms with van der Waals surface area (Å²) >= 11 is 0. The monoisotopic (exact) mass is 390 g/mol. The molecule has 1 amide bonds. The molecule has 1 N–H and O–H groups in total. The van der Waals surface area contributed by atoms with Gasteiger partial charge in [0.15, 0.2) is 5.78 Å². The van der Waals surface area contributed by atoms with E-state index >= 15 is 0 Å². The summed E-state index contributed by atoms with van der Waals surface area (Å²) in [5, 5.41) is 2.68. The lowest BCUT2D eigenvalue weighted by molar-refractivity contribution is -0.116. The van der Waals surface area contributed by atoms with E-state index in [0.717, 1.165) is 0 Å². The van der Waals surface area contributed by atoms with E-state index in [2.05, 4.69) is 5.32 Å². The van der Waals surface area contributed by atoms with Gasteiger partial charge >= 0.3 is 0 Å². The van der Waals surface area contributed by atoms with E-state index in [1.54, 1.807) is 24.3 Å². The Balaban J connectivity index is 1.59. The fourth-order valence-electron chi connectivity index (χ4n) is 2.90. The SMILES string of the molecule is O=C(CCC(=O)c1ccc(F)cc1)Nc1cccc(N2CCCS2(=O)=O)c1. The van der Waals surface area contributed by atoms with Crippen molar-refractivity contribution in [1.29, 1.82) is 0 Å². The van der Waals surface area contributed by atoms with E-state index < -0.39 is 15.8 Å². The number of amides is 1. The molecule has 0 bridgehead atoms. The smallest absolute Gasteiger partial charge is 0.235 e. The topological polar surface area (TPSA) is 83.6 Å². The van der Waals surface area contributed by atoms with Crippen LogP contribution >= 0.6 is 0 Å². The number of benzene rings is 2. The highest BCUT2D eigenvalue weighted by Crippen LogP contribution is 2.26. The normalized spacial score (nSPS) is 15.5. The molecule has 0 aromatic heterocycles. The zero-order valence-electron chi connectivity index (χ0n) is 14.5. The molecule has 0 aliphatic carbocycles. The van der Waals surface area contributed by atoms with Crippen LogP contribution in [0.15, 0.2) is 48.5 Å². The fraction of sp³-hybridized carbons (Fsp3) is 0.263. The summed E-state index contributed by atoms with van der Waals surface area (Å²) in [5.41, 5.74) is 1.33. The maximum Gasteiger partial charge on any atom is 0.235 e. The second-order valence-electron chi connectivity index (χ2n) is 6.27. The number of halogens is 1. The summed E-state index contributed by atoms with van der Waals surface area (Å²) in [7, 11) is -3.29. The van der Waals surface area contributed by atoms with Gasteiger partial charge in [-0.2, -0.15) is 0 Å². The Morgan fingerprint density at radius 2 is 1.81 bits per heavy atom. The number of anilines is 2. The highest BCUT2D eigenvalue weighted by atomic mass is 32.2. The van der Waals surface area contributed by atoms with Gasteiger partial charge in [-0.1, -0.05) is 6.07 Å². The van der Waals surface area contributed by atoms with E-state index in [1.165, 1.54) is 28.6 Å². The Kier molecular flexibility index (Phi) is 5.55. The molecule has 0 saturated carbocycles. The van der Waals surface area contributed by atoms with Crippen molar-refractivity contribution >= 4 is 33.1 Å². The molecule has 0 atom stereocenters. The van der Waals surface area contributed by atoms with Gasteiger partial charge in [0.25, 0.3) is 0 Å². The molecule has 1 heterocycles. The van der Waals surface area contributed by atoms with Crippen molar-refractivity contribution in [3.63, 3.8) is 0 Å². The van der Waals surface area contributed by atoms with Crippen molar-refractivity contribution in [3.05, 3.63) is 59.9 Å². The second-order valence-corrected chi connectivity index (χ2v) is 8.28. The van der Waals surface area contributed by atoms with Crippen molar-refractivity contribution in [2.45, 2.75) is 19.3 Å². The maximum atomic E-state index is 12.9. The van der Waals surface area contributed by atoms with Crippen molar-refractivity contribution in [1.82, 2.24) is 0 Å². The average Bonchev–Trinajstić information content (AvgIpc) is 2.99. The number of ketones is 1. The Bertz CT molecular complexity index is 958. The first-order chi connectivity index (χ1) is 12.8. The molecule has 27 heavy (non-hydrogen) atoms. The maximum absolute atomic E-state index is 12.9. The standard InChI is InChI=1S/C19H19FN2O4S/c20-15-7-5-14(6-8-15)18(23)9-10-19(24)21-16-3-1-4-17(13-16)22-11-2-12-27(22,25)26/h1,3-8,13H,2,9-12H2,(H,21,24). The molecular weight excluding hydrogens is 371 g/mol. The van der Waals surface area contributed by atoms with Crippen molar-refractivity contribution in [2.75, 3.05) is 21.9 Å². The van der Waals surface area contributed by atoms with Crippen molar-refractivity contribution < 1.29 is 22.4 Å². The largest absolute Gasteiger partial charge is 0.326 e. The van der Waals surface area contributed by atoms with Crippen LogP contribution in [0, 0.1) is 5.82 Å². The molecule has 1 fully saturated rings. The molecule has 1 aliphatic rings. The van der Waals surface area contributed by atoms with Gasteiger partial charge in [0.2, 0.25) is 15.9 Å². The third-order valence-corrected chi connectivity index (χ3v) is 6.13. The fourth-order valence-corrected chi connectivity index (χ4v) is 4.46. The third kappa shape index (κ3) is 4.71. The number of rotatable bonds is 6. The lowest BCUT2D eigenvalue weighted by Gasteiger charge is -2.17. The lowest BCUT2D eigenvalue weighted by atomic mass is 10.1. The van der Waals surface area contributed by atoms with E-state index in [0.29, 0.717) is 29.9 Å². The Morgan fingerprint density at radius 3 is 2.48 bits per heavy atom. The molecule has 2 aromatic rings. The van der Waals surface area contributed by atoms with Gasteiger partial charge < -0.3 is 5.32 Å². The van der Waals surface area contributed by atoms with Crippen molar-refractivity contribution in [2.24, 2.45) is 0 Å². The van der Waals surface area contributed by atoms with Crippen LogP contribution in [0.3, 0.4) is 0 Å². The van der Waals surface area contributed by atoms with Crippen LogP contribution in [0.2, 0.25) is 0 Å². The van der Waals surface area contributed by atoms with E-state index in [9.17, 15) is 22.4 Å². The molecule has 2 aromatic carbocycles. The van der Waals surface area contributed by atoms with Gasteiger partial charge in [-0.3, -0.25) is 13.9 Å². The Labute approximate surface area is 157 Å². The predicted octanol–water partition coefficient (Wildman–Crippen LogP) is 2.97. The summed E-state index contributed by atoms with van der Waals surface area (Å²) in [4.78, 5) is 24.1. The molecule has 6 nitrogen and oxygen atoms in total. The number of nitrogens with one attached hydrogen (secondary N) is 1. The van der Waals surface area contributed by atoms with Crippen LogP contribution in [0.5, 0.6) is 0 Å². The Hall–Kier alpha value is -2.74. The quantitative estimate of drug-likeness (QED) is 0.769. The number of sulfonamides is 1. The van der Waals surface area contributed by atoms with Gasteiger partial charge in [0, 0.05) is 30.6 Å². The second kappa shape index (κ2) is 7.87. The van der Waals surface area contributed by atoms with Crippen LogP contribution in [0.1, 0.15) is 29.6 Å². The van der Waals surface area contributed by atoms with Crippen LogP contribution in [0.25, 0.3) is 0 Å². The summed E-state index contributed by atoms with van der Waals surface area (Å²) in [6.45, 7) is 0.423. The minimum atomic E-state index is -3.29. The molecule has 0 radical (unpaired) electrons. The van der Waals surface area contributed by atoms with Crippen molar-refractivity contribution in [3.8, 4) is 0 Å². The summed E-state index contributed by atoms with van der Waals surface area (Å²) in [6.07, 6.45) is 0.546. The predicted molar refractivity (Wildman–Crippen MR) is 101 cm³/mol. The highest BCUT2D eigenvalue weighted by Gasteiger charge is 2.28.